The summed E-state index contributed by atoms with van der Waals surface area (Å²) in [6.45, 7) is 11.6. The van der Waals surface area contributed by atoms with Crippen LogP contribution >= 0.6 is 0 Å². The number of anilines is 2. The third kappa shape index (κ3) is 4.05. The fraction of sp³-hybridized carbons (Fsp3) is 0.737. The van der Waals surface area contributed by atoms with Gasteiger partial charge in [-0.1, -0.05) is 13.8 Å². The summed E-state index contributed by atoms with van der Waals surface area (Å²) >= 11 is 0. The second kappa shape index (κ2) is 8.02. The summed E-state index contributed by atoms with van der Waals surface area (Å²) < 4.78 is 0. The third-order valence-corrected chi connectivity index (χ3v) is 5.47. The molecule has 6 nitrogen and oxygen atoms in total. The number of piperazine rings is 1. The highest BCUT2D eigenvalue weighted by molar-refractivity contribution is 5.79. The number of amides is 1. The van der Waals surface area contributed by atoms with Crippen molar-refractivity contribution in [3.8, 4) is 0 Å². The van der Waals surface area contributed by atoms with Crippen molar-refractivity contribution in [3.63, 3.8) is 0 Å². The smallest absolute Gasteiger partial charge is 0.227 e. The minimum atomic E-state index is 0.176. The second-order valence-corrected chi connectivity index (χ2v) is 7.19. The zero-order valence-electron chi connectivity index (χ0n) is 15.9. The van der Waals surface area contributed by atoms with E-state index in [4.69, 9.17) is 4.98 Å². The molecule has 3 rings (SSSR count). The summed E-state index contributed by atoms with van der Waals surface area (Å²) in [6.07, 6.45) is 4.31. The maximum Gasteiger partial charge on any atom is 0.227 e. The van der Waals surface area contributed by atoms with Crippen molar-refractivity contribution in [1.29, 1.82) is 0 Å². The van der Waals surface area contributed by atoms with Crippen LogP contribution in [0.5, 0.6) is 0 Å². The van der Waals surface area contributed by atoms with Crippen molar-refractivity contribution in [3.05, 3.63) is 11.8 Å². The maximum absolute atomic E-state index is 12.6. The van der Waals surface area contributed by atoms with Crippen LogP contribution in [0.15, 0.2) is 6.07 Å². The van der Waals surface area contributed by atoms with Gasteiger partial charge in [-0.25, -0.2) is 4.98 Å². The molecule has 0 aromatic carbocycles. The highest BCUT2D eigenvalue weighted by Gasteiger charge is 2.26. The molecule has 0 spiro atoms. The molecule has 2 fully saturated rings. The van der Waals surface area contributed by atoms with Crippen LogP contribution in [0.3, 0.4) is 0 Å². The maximum atomic E-state index is 12.6. The molecule has 0 radical (unpaired) electrons. The summed E-state index contributed by atoms with van der Waals surface area (Å²) in [6, 6.07) is 2.07. The molecule has 0 unspecified atom stereocenters. The van der Waals surface area contributed by atoms with Crippen molar-refractivity contribution >= 4 is 17.7 Å². The van der Waals surface area contributed by atoms with Crippen LogP contribution in [-0.4, -0.2) is 60.0 Å². The molecule has 25 heavy (non-hydrogen) atoms. The molecule has 1 amide bonds. The van der Waals surface area contributed by atoms with Gasteiger partial charge in [0.1, 0.15) is 5.82 Å². The number of hydrogen-bond donors (Lipinski definition) is 0. The SMILES string of the molecule is CCC(CC)C(=O)N1CCN(c2cc(C)nc(N3CCCC3)n2)CC1. The highest BCUT2D eigenvalue weighted by atomic mass is 16.2. The Bertz CT molecular complexity index is 587. The molecule has 2 saturated heterocycles. The molecule has 0 N–H and O–H groups in total. The summed E-state index contributed by atoms with van der Waals surface area (Å²) in [7, 11) is 0. The lowest BCUT2D eigenvalue weighted by atomic mass is 10.0. The van der Waals surface area contributed by atoms with Crippen LogP contribution in [-0.2, 0) is 4.79 Å². The number of rotatable bonds is 5. The molecule has 2 aliphatic rings. The topological polar surface area (TPSA) is 52.6 Å². The molecule has 138 valence electrons. The fourth-order valence-corrected chi connectivity index (χ4v) is 3.81. The Morgan fingerprint density at radius 3 is 2.24 bits per heavy atom. The predicted octanol–water partition coefficient (Wildman–Crippen LogP) is 2.47. The van der Waals surface area contributed by atoms with Gasteiger partial charge in [0.05, 0.1) is 0 Å². The molecule has 3 heterocycles. The van der Waals surface area contributed by atoms with Crippen molar-refractivity contribution in [2.24, 2.45) is 5.92 Å². The predicted molar refractivity (Wildman–Crippen MR) is 101 cm³/mol. The van der Waals surface area contributed by atoms with Crippen molar-refractivity contribution in [2.45, 2.75) is 46.5 Å². The van der Waals surface area contributed by atoms with Gasteiger partial charge in [-0.15, -0.1) is 0 Å². The molecule has 0 bridgehead atoms. The lowest BCUT2D eigenvalue weighted by Crippen LogP contribution is -2.50. The zero-order valence-corrected chi connectivity index (χ0v) is 15.9. The molecule has 0 aliphatic carbocycles. The number of aromatic nitrogens is 2. The molecule has 1 aromatic heterocycles. The Morgan fingerprint density at radius 2 is 1.64 bits per heavy atom. The zero-order chi connectivity index (χ0) is 17.8. The van der Waals surface area contributed by atoms with Crippen LogP contribution < -0.4 is 9.80 Å². The van der Waals surface area contributed by atoms with Crippen molar-refractivity contribution in [1.82, 2.24) is 14.9 Å². The first kappa shape index (κ1) is 18.0. The van der Waals surface area contributed by atoms with Gasteiger partial charge >= 0.3 is 0 Å². The van der Waals surface area contributed by atoms with E-state index < -0.39 is 0 Å². The van der Waals surface area contributed by atoms with Crippen molar-refractivity contribution < 1.29 is 4.79 Å². The number of hydrogen-bond acceptors (Lipinski definition) is 5. The van der Waals surface area contributed by atoms with Crippen LogP contribution in [0.1, 0.15) is 45.2 Å². The standard InChI is InChI=1S/C19H31N5O/c1-4-16(5-2)18(25)23-12-10-22(11-13-23)17-14-15(3)20-19(21-17)24-8-6-7-9-24/h14,16H,4-13H2,1-3H3. The van der Waals surface area contributed by atoms with E-state index in [2.05, 4.69) is 34.7 Å². The van der Waals surface area contributed by atoms with Crippen LogP contribution in [0.4, 0.5) is 11.8 Å². The first-order valence-electron chi connectivity index (χ1n) is 9.76. The summed E-state index contributed by atoms with van der Waals surface area (Å²) in [4.78, 5) is 28.6. The quantitative estimate of drug-likeness (QED) is 0.820. The van der Waals surface area contributed by atoms with Gasteiger partial charge in [0, 0.05) is 56.9 Å². The third-order valence-electron chi connectivity index (χ3n) is 5.47. The van der Waals surface area contributed by atoms with Gasteiger partial charge in [-0.05, 0) is 32.6 Å². The lowest BCUT2D eigenvalue weighted by molar-refractivity contribution is -0.136. The fourth-order valence-electron chi connectivity index (χ4n) is 3.81. The van der Waals surface area contributed by atoms with E-state index >= 15 is 0 Å². The van der Waals surface area contributed by atoms with Crippen LogP contribution in [0.2, 0.25) is 0 Å². The molecular formula is C19H31N5O. The molecule has 1 aromatic rings. The average molecular weight is 345 g/mol. The Kier molecular flexibility index (Phi) is 5.76. The van der Waals surface area contributed by atoms with E-state index in [9.17, 15) is 4.79 Å². The molecular weight excluding hydrogens is 314 g/mol. The Morgan fingerprint density at radius 1 is 1.00 bits per heavy atom. The largest absolute Gasteiger partial charge is 0.353 e. The van der Waals surface area contributed by atoms with E-state index in [1.165, 1.54) is 12.8 Å². The molecule has 0 saturated carbocycles. The minimum Gasteiger partial charge on any atom is -0.353 e. The number of nitrogens with zero attached hydrogens (tertiary/aromatic N) is 5. The first-order valence-corrected chi connectivity index (χ1v) is 9.76. The Labute approximate surface area is 151 Å². The monoisotopic (exact) mass is 345 g/mol. The molecule has 2 aliphatic heterocycles. The lowest BCUT2D eigenvalue weighted by Gasteiger charge is -2.37. The normalized spacial score (nSPS) is 18.3. The Balaban J connectivity index is 1.65. The van der Waals surface area contributed by atoms with Gasteiger partial charge in [-0.2, -0.15) is 4.98 Å². The van der Waals surface area contributed by atoms with Gasteiger partial charge < -0.3 is 14.7 Å². The van der Waals surface area contributed by atoms with Gasteiger partial charge in [0.25, 0.3) is 0 Å². The van der Waals surface area contributed by atoms with Gasteiger partial charge in [0.15, 0.2) is 0 Å². The first-order chi connectivity index (χ1) is 12.1. The molecule has 6 heteroatoms. The summed E-state index contributed by atoms with van der Waals surface area (Å²) in [5, 5.41) is 0. The second-order valence-electron chi connectivity index (χ2n) is 7.19. The number of carbonyl (C=O) groups is 1. The van der Waals surface area contributed by atoms with Crippen LogP contribution in [0.25, 0.3) is 0 Å². The average Bonchev–Trinajstić information content (AvgIpc) is 3.17. The van der Waals surface area contributed by atoms with E-state index in [1.807, 2.05) is 11.8 Å². The molecule has 0 atom stereocenters. The van der Waals surface area contributed by atoms with E-state index in [1.54, 1.807) is 0 Å². The highest BCUT2D eigenvalue weighted by Crippen LogP contribution is 2.22. The van der Waals surface area contributed by atoms with E-state index in [0.29, 0.717) is 5.91 Å². The van der Waals surface area contributed by atoms with Crippen molar-refractivity contribution in [2.75, 3.05) is 49.1 Å². The summed E-state index contributed by atoms with van der Waals surface area (Å²) in [5.74, 6) is 2.36. The minimum absolute atomic E-state index is 0.176. The summed E-state index contributed by atoms with van der Waals surface area (Å²) in [5.41, 5.74) is 1.02. The van der Waals surface area contributed by atoms with E-state index in [0.717, 1.165) is 69.6 Å². The van der Waals surface area contributed by atoms with E-state index in [-0.39, 0.29) is 5.92 Å². The van der Waals surface area contributed by atoms with Gasteiger partial charge in [-0.3, -0.25) is 4.79 Å². The Hall–Kier alpha value is -1.85. The van der Waals surface area contributed by atoms with Crippen LogP contribution in [0, 0.1) is 12.8 Å². The van der Waals surface area contributed by atoms with Gasteiger partial charge in [0.2, 0.25) is 11.9 Å². The number of aryl methyl sites for hydroxylation is 1. The number of carbonyl (C=O) groups excluding carboxylic acids is 1.